The van der Waals surface area contributed by atoms with E-state index in [0.717, 1.165) is 35.5 Å². The van der Waals surface area contributed by atoms with Gasteiger partial charge >= 0.3 is 6.18 Å². The van der Waals surface area contributed by atoms with Gasteiger partial charge in [-0.05, 0) is 42.0 Å². The molecule has 1 amide bonds. The van der Waals surface area contributed by atoms with Crippen LogP contribution < -0.4 is 5.32 Å². The summed E-state index contributed by atoms with van der Waals surface area (Å²) in [6.45, 7) is 4.12. The van der Waals surface area contributed by atoms with Crippen molar-refractivity contribution < 1.29 is 18.0 Å². The van der Waals surface area contributed by atoms with Crippen LogP contribution in [0.5, 0.6) is 0 Å². The third kappa shape index (κ3) is 3.84. The number of H-pyrrole nitrogens is 1. The molecule has 8 heteroatoms. The van der Waals surface area contributed by atoms with Crippen LogP contribution in [-0.2, 0) is 12.6 Å². The number of rotatable bonds is 4. The topological polar surface area (TPSA) is 57.8 Å². The lowest BCUT2D eigenvalue weighted by Gasteiger charge is -2.06. The van der Waals surface area contributed by atoms with Gasteiger partial charge in [0.25, 0.3) is 5.91 Å². The molecule has 25 heavy (non-hydrogen) atoms. The molecule has 0 spiro atoms. The zero-order valence-corrected chi connectivity index (χ0v) is 14.4. The number of halogens is 3. The lowest BCUT2D eigenvalue weighted by Crippen LogP contribution is -2.12. The molecule has 0 aliphatic heterocycles. The fourth-order valence-corrected chi connectivity index (χ4v) is 3.46. The van der Waals surface area contributed by atoms with Crippen LogP contribution in [0.25, 0.3) is 10.1 Å². The van der Waals surface area contributed by atoms with Crippen molar-refractivity contribution in [3.05, 3.63) is 46.5 Å². The molecule has 3 aromatic rings. The monoisotopic (exact) mass is 367 g/mol. The minimum atomic E-state index is -4.40. The van der Waals surface area contributed by atoms with Crippen molar-refractivity contribution in [2.45, 2.75) is 26.4 Å². The van der Waals surface area contributed by atoms with E-state index in [4.69, 9.17) is 0 Å². The van der Waals surface area contributed by atoms with Gasteiger partial charge in [-0.3, -0.25) is 9.89 Å². The van der Waals surface area contributed by atoms with E-state index in [2.05, 4.69) is 29.4 Å². The fourth-order valence-electron chi connectivity index (χ4n) is 2.52. The summed E-state index contributed by atoms with van der Waals surface area (Å²) in [5, 5.41) is 9.84. The van der Waals surface area contributed by atoms with Crippen LogP contribution in [0, 0.1) is 5.92 Å². The molecule has 0 aliphatic carbocycles. The number of anilines is 1. The molecular formula is C17H16F3N3OS. The van der Waals surface area contributed by atoms with Gasteiger partial charge in [-0.1, -0.05) is 13.8 Å². The number of carbonyl (C=O) groups excluding carboxylic acids is 1. The molecule has 132 valence electrons. The van der Waals surface area contributed by atoms with E-state index in [1.807, 2.05) is 0 Å². The molecule has 2 aromatic heterocycles. The van der Waals surface area contributed by atoms with E-state index in [-0.39, 0.29) is 5.91 Å². The Morgan fingerprint density at radius 2 is 2.08 bits per heavy atom. The second-order valence-corrected chi connectivity index (χ2v) is 7.27. The van der Waals surface area contributed by atoms with Crippen LogP contribution in [0.4, 0.5) is 19.0 Å². The van der Waals surface area contributed by atoms with Crippen LogP contribution in [0.15, 0.2) is 30.5 Å². The average Bonchev–Trinajstić information content (AvgIpc) is 3.11. The lowest BCUT2D eigenvalue weighted by molar-refractivity contribution is -0.137. The number of amides is 1. The van der Waals surface area contributed by atoms with Crippen molar-refractivity contribution in [1.82, 2.24) is 10.2 Å². The highest BCUT2D eigenvalue weighted by Gasteiger charge is 2.30. The van der Waals surface area contributed by atoms with Crippen molar-refractivity contribution in [1.29, 1.82) is 0 Å². The highest BCUT2D eigenvalue weighted by Crippen LogP contribution is 2.34. The summed E-state index contributed by atoms with van der Waals surface area (Å²) in [5.41, 5.74) is 0.168. The Hall–Kier alpha value is -2.35. The van der Waals surface area contributed by atoms with E-state index in [1.54, 1.807) is 6.20 Å². The molecule has 0 unspecified atom stereocenters. The number of nitrogens with one attached hydrogen (secondary N) is 2. The first kappa shape index (κ1) is 17.5. The Morgan fingerprint density at radius 1 is 1.32 bits per heavy atom. The lowest BCUT2D eigenvalue weighted by atomic mass is 10.1. The van der Waals surface area contributed by atoms with Crippen LogP contribution in [0.2, 0.25) is 0 Å². The Bertz CT molecular complexity index is 911. The Kier molecular flexibility index (Phi) is 4.55. The first-order chi connectivity index (χ1) is 11.7. The van der Waals surface area contributed by atoms with Crippen molar-refractivity contribution in [2.75, 3.05) is 5.32 Å². The molecule has 0 radical (unpaired) electrons. The van der Waals surface area contributed by atoms with Gasteiger partial charge in [-0.25, -0.2) is 0 Å². The SMILES string of the molecule is CC(C)Cc1cn[nH]c1NC(=O)c1cc2cc(C(F)(F)F)ccc2s1. The van der Waals surface area contributed by atoms with Crippen molar-refractivity contribution >= 4 is 33.1 Å². The molecule has 2 N–H and O–H groups in total. The molecule has 0 atom stereocenters. The minimum Gasteiger partial charge on any atom is -0.306 e. The predicted octanol–water partition coefficient (Wildman–Crippen LogP) is 5.09. The van der Waals surface area contributed by atoms with E-state index in [9.17, 15) is 18.0 Å². The standard InChI is InChI=1S/C17H16F3N3OS/c1-9(2)5-11-8-21-23-15(11)22-16(24)14-7-10-6-12(17(18,19)20)3-4-13(10)25-14/h3-4,6-9H,5H2,1-2H3,(H2,21,22,23,24). The molecule has 0 saturated heterocycles. The minimum absolute atomic E-state index is 0.347. The molecule has 1 aromatic carbocycles. The molecule has 0 saturated carbocycles. The maximum atomic E-state index is 12.8. The summed E-state index contributed by atoms with van der Waals surface area (Å²) in [7, 11) is 0. The molecular weight excluding hydrogens is 351 g/mol. The molecule has 0 aliphatic rings. The van der Waals surface area contributed by atoms with Gasteiger partial charge < -0.3 is 5.32 Å². The van der Waals surface area contributed by atoms with E-state index in [0.29, 0.717) is 26.7 Å². The largest absolute Gasteiger partial charge is 0.416 e. The van der Waals surface area contributed by atoms with Crippen molar-refractivity contribution in [3.63, 3.8) is 0 Å². The van der Waals surface area contributed by atoms with Crippen molar-refractivity contribution in [3.8, 4) is 0 Å². The van der Waals surface area contributed by atoms with E-state index >= 15 is 0 Å². The second-order valence-electron chi connectivity index (χ2n) is 6.18. The normalized spacial score (nSPS) is 12.1. The number of hydrogen-bond donors (Lipinski definition) is 2. The number of aromatic nitrogens is 2. The maximum Gasteiger partial charge on any atom is 0.416 e. The summed E-state index contributed by atoms with van der Waals surface area (Å²) in [4.78, 5) is 12.8. The predicted molar refractivity (Wildman–Crippen MR) is 91.9 cm³/mol. The van der Waals surface area contributed by atoms with Crippen molar-refractivity contribution in [2.24, 2.45) is 5.92 Å². The molecule has 4 nitrogen and oxygen atoms in total. The van der Waals surface area contributed by atoms with Crippen LogP contribution in [-0.4, -0.2) is 16.1 Å². The summed E-state index contributed by atoms with van der Waals surface area (Å²) < 4.78 is 39.0. The third-order valence-corrected chi connectivity index (χ3v) is 4.77. The number of hydrogen-bond acceptors (Lipinski definition) is 3. The van der Waals surface area contributed by atoms with Crippen LogP contribution in [0.3, 0.4) is 0 Å². The summed E-state index contributed by atoms with van der Waals surface area (Å²) in [5.74, 6) is 0.550. The number of carbonyl (C=O) groups is 1. The first-order valence-corrected chi connectivity index (χ1v) is 8.50. The summed E-state index contributed by atoms with van der Waals surface area (Å²) in [6, 6.07) is 4.95. The smallest absolute Gasteiger partial charge is 0.306 e. The quantitative estimate of drug-likeness (QED) is 0.674. The number of alkyl halides is 3. The van der Waals surface area contributed by atoms with Gasteiger partial charge in [0.1, 0.15) is 5.82 Å². The highest BCUT2D eigenvalue weighted by atomic mass is 32.1. The Balaban J connectivity index is 1.84. The number of benzene rings is 1. The first-order valence-electron chi connectivity index (χ1n) is 7.68. The number of thiophene rings is 1. The molecule has 0 fully saturated rings. The van der Waals surface area contributed by atoms with Gasteiger partial charge in [-0.15, -0.1) is 11.3 Å². The number of aromatic amines is 1. The maximum absolute atomic E-state index is 12.8. The second kappa shape index (κ2) is 6.51. The third-order valence-electron chi connectivity index (χ3n) is 3.65. The summed E-state index contributed by atoms with van der Waals surface area (Å²) in [6.07, 6.45) is -1.98. The fraction of sp³-hybridized carbons (Fsp3) is 0.294. The number of nitrogens with zero attached hydrogens (tertiary/aromatic N) is 1. The van der Waals surface area contributed by atoms with Gasteiger partial charge in [0, 0.05) is 10.3 Å². The Morgan fingerprint density at radius 3 is 2.76 bits per heavy atom. The van der Waals surface area contributed by atoms with E-state index in [1.165, 1.54) is 12.1 Å². The van der Waals surface area contributed by atoms with Gasteiger partial charge in [-0.2, -0.15) is 18.3 Å². The zero-order chi connectivity index (χ0) is 18.2. The molecule has 2 heterocycles. The van der Waals surface area contributed by atoms with Gasteiger partial charge in [0.2, 0.25) is 0 Å². The zero-order valence-electron chi connectivity index (χ0n) is 13.6. The van der Waals surface area contributed by atoms with Gasteiger partial charge in [0.05, 0.1) is 16.6 Å². The van der Waals surface area contributed by atoms with Crippen LogP contribution >= 0.6 is 11.3 Å². The Labute approximate surface area is 146 Å². The van der Waals surface area contributed by atoms with E-state index < -0.39 is 11.7 Å². The van der Waals surface area contributed by atoms with Gasteiger partial charge in [0.15, 0.2) is 0 Å². The average molecular weight is 367 g/mol. The number of fused-ring (bicyclic) bond motifs is 1. The van der Waals surface area contributed by atoms with Crippen LogP contribution in [0.1, 0.15) is 34.6 Å². The molecule has 0 bridgehead atoms. The highest BCUT2D eigenvalue weighted by molar-refractivity contribution is 7.20. The molecule has 3 rings (SSSR count). The summed E-state index contributed by atoms with van der Waals surface area (Å²) >= 11 is 1.15.